The molecule has 0 aliphatic heterocycles. The van der Waals surface area contributed by atoms with Gasteiger partial charge in [-0.05, 0) is 24.6 Å². The molecule has 0 atom stereocenters. The molecule has 1 aromatic carbocycles. The topological polar surface area (TPSA) is 85.3 Å². The molecule has 3 N–H and O–H groups in total. The Bertz CT molecular complexity index is 689. The average molecular weight is 258 g/mol. The van der Waals surface area contributed by atoms with Gasteiger partial charge in [-0.15, -0.1) is 0 Å². The molecular weight excluding hydrogens is 244 g/mol. The molecule has 0 aliphatic carbocycles. The fraction of sp³-hybridized carbons (Fsp3) is 0.143. The number of amides is 1. The van der Waals surface area contributed by atoms with Crippen molar-refractivity contribution >= 4 is 17.3 Å². The Morgan fingerprint density at radius 1 is 1.32 bits per heavy atom. The second-order valence-corrected chi connectivity index (χ2v) is 4.31. The fourth-order valence-corrected chi connectivity index (χ4v) is 1.79. The van der Waals surface area contributed by atoms with E-state index in [0.29, 0.717) is 11.3 Å². The highest BCUT2D eigenvalue weighted by Gasteiger charge is 2.09. The average Bonchev–Trinajstić information content (AvgIpc) is 2.32. The number of rotatable bonds is 2. The van der Waals surface area contributed by atoms with E-state index >= 15 is 0 Å². The smallest absolute Gasteiger partial charge is 0.359 e. The quantitative estimate of drug-likeness (QED) is 0.808. The minimum atomic E-state index is -0.593. The monoisotopic (exact) mass is 258 g/mol. The lowest BCUT2D eigenvalue weighted by molar-refractivity contribution is -0.114. The van der Waals surface area contributed by atoms with Crippen molar-refractivity contribution in [3.8, 4) is 11.1 Å². The molecule has 0 spiro atoms. The molecule has 0 fully saturated rings. The summed E-state index contributed by atoms with van der Waals surface area (Å²) < 4.78 is 4.90. The third kappa shape index (κ3) is 2.82. The van der Waals surface area contributed by atoms with E-state index in [1.807, 2.05) is 25.1 Å². The molecule has 1 aromatic heterocycles. The first-order valence-electron chi connectivity index (χ1n) is 5.74. The summed E-state index contributed by atoms with van der Waals surface area (Å²) in [5.41, 5.74) is 8.46. The van der Waals surface area contributed by atoms with E-state index in [2.05, 4.69) is 5.32 Å². The van der Waals surface area contributed by atoms with Crippen molar-refractivity contribution in [1.82, 2.24) is 0 Å². The molecule has 2 aromatic rings. The summed E-state index contributed by atoms with van der Waals surface area (Å²) in [5.74, 6) is -0.332. The Morgan fingerprint density at radius 3 is 2.68 bits per heavy atom. The number of hydrogen-bond donors (Lipinski definition) is 2. The van der Waals surface area contributed by atoms with E-state index in [1.54, 1.807) is 6.07 Å². The molecule has 1 heterocycles. The van der Waals surface area contributed by atoms with Gasteiger partial charge in [-0.25, -0.2) is 4.79 Å². The molecule has 1 amide bonds. The van der Waals surface area contributed by atoms with Gasteiger partial charge in [0, 0.05) is 23.7 Å². The summed E-state index contributed by atoms with van der Waals surface area (Å²) in [6.07, 6.45) is 1.33. The lowest BCUT2D eigenvalue weighted by Gasteiger charge is -2.07. The second kappa shape index (κ2) is 4.97. The predicted molar refractivity (Wildman–Crippen MR) is 73.9 cm³/mol. The summed E-state index contributed by atoms with van der Waals surface area (Å²) in [6.45, 7) is 3.26. The summed E-state index contributed by atoms with van der Waals surface area (Å²) in [5, 5.41) is 2.43. The highest BCUT2D eigenvalue weighted by atomic mass is 16.4. The number of nitrogens with one attached hydrogen (secondary N) is 1. The number of carbonyl (C=O) groups is 1. The van der Waals surface area contributed by atoms with Gasteiger partial charge in [0.05, 0.1) is 0 Å². The standard InChI is InChI=1S/C14H14N2O3/c1-8-3-4-11(12(15)5-8)10-6-13(16-9(2)17)14(18)19-7-10/h3-7H,15H2,1-2H3,(H,16,17). The van der Waals surface area contributed by atoms with Gasteiger partial charge < -0.3 is 15.5 Å². The largest absolute Gasteiger partial charge is 0.429 e. The zero-order chi connectivity index (χ0) is 14.0. The van der Waals surface area contributed by atoms with Gasteiger partial charge >= 0.3 is 5.63 Å². The molecule has 5 heteroatoms. The number of aryl methyl sites for hydroxylation is 1. The molecule has 0 unspecified atom stereocenters. The van der Waals surface area contributed by atoms with Gasteiger partial charge in [-0.1, -0.05) is 12.1 Å². The SMILES string of the molecule is CC(=O)Nc1cc(-c2ccc(C)cc2N)coc1=O. The van der Waals surface area contributed by atoms with Crippen molar-refractivity contribution in [2.45, 2.75) is 13.8 Å². The van der Waals surface area contributed by atoms with Crippen LogP contribution >= 0.6 is 0 Å². The zero-order valence-corrected chi connectivity index (χ0v) is 10.7. The minimum Gasteiger partial charge on any atom is -0.429 e. The van der Waals surface area contributed by atoms with E-state index in [-0.39, 0.29) is 11.6 Å². The van der Waals surface area contributed by atoms with Crippen LogP contribution in [-0.4, -0.2) is 5.91 Å². The van der Waals surface area contributed by atoms with Crippen LogP contribution in [0.5, 0.6) is 0 Å². The van der Waals surface area contributed by atoms with Crippen LogP contribution in [0.2, 0.25) is 0 Å². The van der Waals surface area contributed by atoms with Crippen LogP contribution in [0, 0.1) is 6.92 Å². The third-order valence-corrected chi connectivity index (χ3v) is 2.64. The van der Waals surface area contributed by atoms with Crippen LogP contribution in [0.3, 0.4) is 0 Å². The maximum Gasteiger partial charge on any atom is 0.359 e. The Morgan fingerprint density at radius 2 is 2.05 bits per heavy atom. The fourth-order valence-electron chi connectivity index (χ4n) is 1.79. The van der Waals surface area contributed by atoms with Crippen LogP contribution in [0.1, 0.15) is 12.5 Å². The number of anilines is 2. The first kappa shape index (κ1) is 12.9. The van der Waals surface area contributed by atoms with Gasteiger partial charge in [-0.2, -0.15) is 0 Å². The summed E-state index contributed by atoms with van der Waals surface area (Å²) in [7, 11) is 0. The number of nitrogens with two attached hydrogens (primary N) is 1. The predicted octanol–water partition coefficient (Wildman–Crippen LogP) is 2.16. The number of benzene rings is 1. The second-order valence-electron chi connectivity index (χ2n) is 4.31. The molecular formula is C14H14N2O3. The first-order chi connectivity index (χ1) is 8.97. The molecule has 0 saturated heterocycles. The van der Waals surface area contributed by atoms with Crippen molar-refractivity contribution in [3.05, 3.63) is 46.5 Å². The van der Waals surface area contributed by atoms with E-state index in [1.165, 1.54) is 13.2 Å². The van der Waals surface area contributed by atoms with Crippen LogP contribution in [-0.2, 0) is 4.79 Å². The van der Waals surface area contributed by atoms with Gasteiger partial charge in [0.25, 0.3) is 0 Å². The molecule has 0 bridgehead atoms. The van der Waals surface area contributed by atoms with Gasteiger partial charge in [0.2, 0.25) is 5.91 Å². The van der Waals surface area contributed by atoms with Gasteiger partial charge in [-0.3, -0.25) is 4.79 Å². The van der Waals surface area contributed by atoms with E-state index < -0.39 is 5.63 Å². The molecule has 0 saturated carbocycles. The van der Waals surface area contributed by atoms with Crippen LogP contribution in [0.4, 0.5) is 11.4 Å². The van der Waals surface area contributed by atoms with E-state index in [0.717, 1.165) is 11.1 Å². The Kier molecular flexibility index (Phi) is 3.37. The summed E-state index contributed by atoms with van der Waals surface area (Å²) in [6, 6.07) is 7.14. The molecule has 98 valence electrons. The van der Waals surface area contributed by atoms with Gasteiger partial charge in [0.15, 0.2) is 0 Å². The summed E-state index contributed by atoms with van der Waals surface area (Å²) >= 11 is 0. The third-order valence-electron chi connectivity index (χ3n) is 2.64. The molecule has 0 radical (unpaired) electrons. The van der Waals surface area contributed by atoms with E-state index in [4.69, 9.17) is 10.2 Å². The van der Waals surface area contributed by atoms with Crippen molar-refractivity contribution in [3.63, 3.8) is 0 Å². The van der Waals surface area contributed by atoms with E-state index in [9.17, 15) is 9.59 Å². The zero-order valence-electron chi connectivity index (χ0n) is 10.7. The minimum absolute atomic E-state index is 0.102. The van der Waals surface area contributed by atoms with Gasteiger partial charge in [0.1, 0.15) is 12.0 Å². The maximum absolute atomic E-state index is 11.5. The number of carbonyl (C=O) groups excluding carboxylic acids is 1. The number of nitrogen functional groups attached to an aromatic ring is 1. The molecule has 5 nitrogen and oxygen atoms in total. The van der Waals surface area contributed by atoms with Crippen molar-refractivity contribution in [2.75, 3.05) is 11.1 Å². The summed E-state index contributed by atoms with van der Waals surface area (Å²) in [4.78, 5) is 22.5. The number of hydrogen-bond acceptors (Lipinski definition) is 4. The first-order valence-corrected chi connectivity index (χ1v) is 5.74. The van der Waals surface area contributed by atoms with Crippen LogP contribution in [0.25, 0.3) is 11.1 Å². The van der Waals surface area contributed by atoms with Crippen molar-refractivity contribution in [2.24, 2.45) is 0 Å². The molecule has 2 rings (SSSR count). The maximum atomic E-state index is 11.5. The normalized spacial score (nSPS) is 10.2. The Balaban J connectivity index is 2.51. The lowest BCUT2D eigenvalue weighted by atomic mass is 10.0. The lowest BCUT2D eigenvalue weighted by Crippen LogP contribution is -2.14. The van der Waals surface area contributed by atoms with Crippen molar-refractivity contribution < 1.29 is 9.21 Å². The van der Waals surface area contributed by atoms with Crippen LogP contribution in [0.15, 0.2) is 39.7 Å². The van der Waals surface area contributed by atoms with Crippen LogP contribution < -0.4 is 16.7 Å². The highest BCUT2D eigenvalue weighted by Crippen LogP contribution is 2.27. The van der Waals surface area contributed by atoms with Crippen molar-refractivity contribution in [1.29, 1.82) is 0 Å². The molecule has 19 heavy (non-hydrogen) atoms. The Hall–Kier alpha value is -2.56. The molecule has 0 aliphatic rings. The Labute approximate surface area is 110 Å². The highest BCUT2D eigenvalue weighted by molar-refractivity contribution is 5.89.